The number of hydrogen-bond acceptors (Lipinski definition) is 8. The number of nitrogens with zero attached hydrogens (tertiary/aromatic N) is 1. The topological polar surface area (TPSA) is 106 Å². The first-order valence-electron chi connectivity index (χ1n) is 8.83. The molecule has 1 unspecified atom stereocenters. The highest BCUT2D eigenvalue weighted by Crippen LogP contribution is 2.35. The molecule has 1 saturated heterocycles. The summed E-state index contributed by atoms with van der Waals surface area (Å²) in [6, 6.07) is 2.86. The zero-order chi connectivity index (χ0) is 19.6. The van der Waals surface area contributed by atoms with Gasteiger partial charge in [-0.3, -0.25) is 14.9 Å². The van der Waals surface area contributed by atoms with Gasteiger partial charge >= 0.3 is 5.97 Å². The molecule has 0 spiro atoms. The SMILES string of the molecule is COC(=O)CCCOc1cc([N+](=O)[O-])c(COC2CCCCO2)cc1OC. The van der Waals surface area contributed by atoms with Crippen LogP contribution in [-0.4, -0.2) is 44.6 Å². The molecule has 0 saturated carbocycles. The Balaban J connectivity index is 2.05. The molecule has 27 heavy (non-hydrogen) atoms. The van der Waals surface area contributed by atoms with Crippen molar-refractivity contribution in [1.29, 1.82) is 0 Å². The van der Waals surface area contributed by atoms with Gasteiger partial charge in [0.1, 0.15) is 0 Å². The summed E-state index contributed by atoms with van der Waals surface area (Å²) in [4.78, 5) is 22.1. The minimum absolute atomic E-state index is 0.0416. The van der Waals surface area contributed by atoms with E-state index in [4.69, 9.17) is 18.9 Å². The normalized spacial score (nSPS) is 16.6. The molecular formula is C18H25NO8. The first-order chi connectivity index (χ1) is 13.0. The number of esters is 1. The van der Waals surface area contributed by atoms with E-state index in [0.29, 0.717) is 24.3 Å². The maximum absolute atomic E-state index is 11.4. The van der Waals surface area contributed by atoms with Crippen molar-refractivity contribution in [3.05, 3.63) is 27.8 Å². The van der Waals surface area contributed by atoms with E-state index in [1.165, 1.54) is 26.4 Å². The Kier molecular flexibility index (Phi) is 8.28. The second kappa shape index (κ2) is 10.7. The maximum Gasteiger partial charge on any atom is 0.305 e. The smallest absolute Gasteiger partial charge is 0.305 e. The lowest BCUT2D eigenvalue weighted by Crippen LogP contribution is -2.22. The minimum Gasteiger partial charge on any atom is -0.493 e. The van der Waals surface area contributed by atoms with E-state index in [1.807, 2.05) is 0 Å². The van der Waals surface area contributed by atoms with Crippen LogP contribution in [0.5, 0.6) is 11.5 Å². The molecule has 9 nitrogen and oxygen atoms in total. The molecule has 0 amide bonds. The Morgan fingerprint density at radius 1 is 1.30 bits per heavy atom. The largest absolute Gasteiger partial charge is 0.493 e. The Hall–Kier alpha value is -2.39. The molecule has 1 fully saturated rings. The Morgan fingerprint density at radius 3 is 2.74 bits per heavy atom. The van der Waals surface area contributed by atoms with E-state index in [9.17, 15) is 14.9 Å². The summed E-state index contributed by atoms with van der Waals surface area (Å²) in [5, 5.41) is 11.4. The quantitative estimate of drug-likeness (QED) is 0.263. The predicted molar refractivity (Wildman–Crippen MR) is 94.8 cm³/mol. The fourth-order valence-corrected chi connectivity index (χ4v) is 2.68. The first-order valence-corrected chi connectivity index (χ1v) is 8.83. The molecule has 0 radical (unpaired) electrons. The summed E-state index contributed by atoms with van der Waals surface area (Å²) in [5.74, 6) is 0.266. The van der Waals surface area contributed by atoms with Gasteiger partial charge in [0.05, 0.1) is 44.0 Å². The van der Waals surface area contributed by atoms with Crippen molar-refractivity contribution in [3.63, 3.8) is 0 Å². The lowest BCUT2D eigenvalue weighted by molar-refractivity contribution is -0.386. The van der Waals surface area contributed by atoms with Gasteiger partial charge in [-0.1, -0.05) is 0 Å². The van der Waals surface area contributed by atoms with Crippen molar-refractivity contribution < 1.29 is 33.4 Å². The number of methoxy groups -OCH3 is 2. The second-order valence-electron chi connectivity index (χ2n) is 6.02. The molecule has 2 rings (SSSR count). The van der Waals surface area contributed by atoms with Gasteiger partial charge in [-0.2, -0.15) is 0 Å². The molecule has 0 bridgehead atoms. The second-order valence-corrected chi connectivity index (χ2v) is 6.02. The summed E-state index contributed by atoms with van der Waals surface area (Å²) < 4.78 is 26.6. The van der Waals surface area contributed by atoms with E-state index >= 15 is 0 Å². The summed E-state index contributed by atoms with van der Waals surface area (Å²) in [5.41, 5.74) is 0.266. The highest BCUT2D eigenvalue weighted by atomic mass is 16.7. The standard InChI is InChI=1S/C18H25NO8/c1-23-15-10-13(12-27-18-7-3-4-8-26-18)14(19(21)22)11-16(15)25-9-5-6-17(20)24-2/h10-11,18H,3-9,12H2,1-2H3. The molecule has 9 heteroatoms. The van der Waals surface area contributed by atoms with E-state index in [2.05, 4.69) is 4.74 Å². The monoisotopic (exact) mass is 383 g/mol. The van der Waals surface area contributed by atoms with Gasteiger partial charge in [0, 0.05) is 13.0 Å². The number of carbonyl (C=O) groups is 1. The third-order valence-corrected chi connectivity index (χ3v) is 4.13. The van der Waals surface area contributed by atoms with Crippen molar-refractivity contribution in [2.75, 3.05) is 27.4 Å². The van der Waals surface area contributed by atoms with Crippen LogP contribution in [0, 0.1) is 10.1 Å². The molecule has 0 N–H and O–H groups in total. The number of nitro groups is 1. The molecule has 1 atom stereocenters. The number of rotatable bonds is 10. The minimum atomic E-state index is -0.485. The van der Waals surface area contributed by atoms with Crippen molar-refractivity contribution in [3.8, 4) is 11.5 Å². The predicted octanol–water partition coefficient (Wildman–Crippen LogP) is 2.98. The lowest BCUT2D eigenvalue weighted by atomic mass is 10.1. The van der Waals surface area contributed by atoms with Crippen LogP contribution in [-0.2, 0) is 25.6 Å². The molecular weight excluding hydrogens is 358 g/mol. The molecule has 0 aromatic heterocycles. The van der Waals surface area contributed by atoms with E-state index in [0.717, 1.165) is 19.3 Å². The van der Waals surface area contributed by atoms with Crippen LogP contribution in [0.15, 0.2) is 12.1 Å². The van der Waals surface area contributed by atoms with Crippen LogP contribution in [0.2, 0.25) is 0 Å². The fourth-order valence-electron chi connectivity index (χ4n) is 2.68. The van der Waals surface area contributed by atoms with Crippen LogP contribution in [0.1, 0.15) is 37.7 Å². The van der Waals surface area contributed by atoms with Crippen molar-refractivity contribution >= 4 is 11.7 Å². The number of nitro benzene ring substituents is 1. The summed E-state index contributed by atoms with van der Waals surface area (Å²) in [6.07, 6.45) is 3.05. The number of carbonyl (C=O) groups excluding carboxylic acids is 1. The van der Waals surface area contributed by atoms with E-state index < -0.39 is 4.92 Å². The van der Waals surface area contributed by atoms with Gasteiger partial charge < -0.3 is 23.7 Å². The molecule has 1 aromatic carbocycles. The maximum atomic E-state index is 11.4. The van der Waals surface area contributed by atoms with Gasteiger partial charge in [-0.15, -0.1) is 0 Å². The molecule has 0 aliphatic carbocycles. The number of hydrogen-bond donors (Lipinski definition) is 0. The van der Waals surface area contributed by atoms with Gasteiger partial charge in [-0.25, -0.2) is 0 Å². The van der Waals surface area contributed by atoms with Gasteiger partial charge in [0.25, 0.3) is 5.69 Å². The Labute approximate surface area is 157 Å². The Bertz CT molecular complexity index is 642. The zero-order valence-electron chi connectivity index (χ0n) is 15.6. The molecule has 150 valence electrons. The Morgan fingerprint density at radius 2 is 2.11 bits per heavy atom. The average molecular weight is 383 g/mol. The molecule has 1 aliphatic rings. The van der Waals surface area contributed by atoms with Crippen LogP contribution >= 0.6 is 0 Å². The molecule has 1 aromatic rings. The zero-order valence-corrected chi connectivity index (χ0v) is 15.6. The molecule has 1 heterocycles. The summed E-state index contributed by atoms with van der Waals surface area (Å²) >= 11 is 0. The number of ether oxygens (including phenoxy) is 5. The van der Waals surface area contributed by atoms with Gasteiger partial charge in [-0.05, 0) is 31.7 Å². The van der Waals surface area contributed by atoms with Crippen molar-refractivity contribution in [2.45, 2.75) is 45.0 Å². The van der Waals surface area contributed by atoms with Crippen LogP contribution in [0.4, 0.5) is 5.69 Å². The first kappa shape index (κ1) is 20.9. The van der Waals surface area contributed by atoms with Gasteiger partial charge in [0.2, 0.25) is 0 Å². The third-order valence-electron chi connectivity index (χ3n) is 4.13. The molecule has 1 aliphatic heterocycles. The fraction of sp³-hybridized carbons (Fsp3) is 0.611. The summed E-state index contributed by atoms with van der Waals surface area (Å²) in [7, 11) is 2.77. The average Bonchev–Trinajstić information content (AvgIpc) is 2.69. The van der Waals surface area contributed by atoms with Crippen LogP contribution < -0.4 is 9.47 Å². The van der Waals surface area contributed by atoms with Crippen molar-refractivity contribution in [1.82, 2.24) is 0 Å². The summed E-state index contributed by atoms with van der Waals surface area (Å²) in [6.45, 7) is 0.878. The highest BCUT2D eigenvalue weighted by molar-refractivity contribution is 5.69. The van der Waals surface area contributed by atoms with E-state index in [-0.39, 0.29) is 43.3 Å². The highest BCUT2D eigenvalue weighted by Gasteiger charge is 2.22. The lowest BCUT2D eigenvalue weighted by Gasteiger charge is -2.22. The third kappa shape index (κ3) is 6.37. The van der Waals surface area contributed by atoms with Crippen molar-refractivity contribution in [2.24, 2.45) is 0 Å². The van der Waals surface area contributed by atoms with Crippen LogP contribution in [0.3, 0.4) is 0 Å². The van der Waals surface area contributed by atoms with Crippen LogP contribution in [0.25, 0.3) is 0 Å². The van der Waals surface area contributed by atoms with Gasteiger partial charge in [0.15, 0.2) is 17.8 Å². The number of benzene rings is 1. The van der Waals surface area contributed by atoms with E-state index in [1.54, 1.807) is 0 Å².